The maximum atomic E-state index is 10.4. The van der Waals surface area contributed by atoms with E-state index in [1.807, 2.05) is 6.92 Å². The standard InChI is InChI=1S/C24H26NS.C7H8O3S/c1-23(2)18-10-4-6-12-20(18)25(3)22(23)14-17-24(15-8-9-16-24)19-11-5-7-13-21(19)26;1-6-2-4-7(5-3-6)11(8,9)10/h4-12,14,17H,13,15-16H2,1-3H3;2-5H,1H3,(H,8,9,10)/q+1;/p-1. The Hall–Kier alpha value is -2.93. The van der Waals surface area contributed by atoms with Crippen molar-refractivity contribution in [1.82, 2.24) is 0 Å². The quantitative estimate of drug-likeness (QED) is 0.190. The predicted molar refractivity (Wildman–Crippen MR) is 154 cm³/mol. The highest BCUT2D eigenvalue weighted by Crippen LogP contribution is 2.45. The molecule has 0 bridgehead atoms. The molecule has 0 spiro atoms. The second-order valence-electron chi connectivity index (χ2n) is 10.4. The maximum Gasteiger partial charge on any atom is 0.209 e. The average Bonchev–Trinajstić information content (AvgIpc) is 3.40. The highest BCUT2D eigenvalue weighted by Gasteiger charge is 2.43. The molecule has 0 aromatic heterocycles. The van der Waals surface area contributed by atoms with Crippen molar-refractivity contribution in [2.45, 2.75) is 50.3 Å². The minimum Gasteiger partial charge on any atom is -0.744 e. The number of hydrogen-bond donors (Lipinski definition) is 0. The Morgan fingerprint density at radius 1 is 1.00 bits per heavy atom. The molecule has 3 aliphatic rings. The van der Waals surface area contributed by atoms with Gasteiger partial charge in [0.25, 0.3) is 0 Å². The van der Waals surface area contributed by atoms with Gasteiger partial charge in [0.1, 0.15) is 17.2 Å². The van der Waals surface area contributed by atoms with E-state index in [1.54, 1.807) is 12.1 Å². The van der Waals surface area contributed by atoms with Crippen molar-refractivity contribution in [3.8, 4) is 0 Å². The lowest BCUT2D eigenvalue weighted by atomic mass is 9.73. The first kappa shape index (κ1) is 27.1. The molecule has 192 valence electrons. The molecule has 0 saturated carbocycles. The Morgan fingerprint density at radius 3 is 2.24 bits per heavy atom. The third-order valence-electron chi connectivity index (χ3n) is 7.48. The van der Waals surface area contributed by atoms with Gasteiger partial charge in [0.15, 0.2) is 5.71 Å². The number of rotatable bonds is 4. The number of nitrogens with zero attached hydrogens (tertiary/aromatic N) is 1. The van der Waals surface area contributed by atoms with Crippen LogP contribution in [-0.4, -0.2) is 35.2 Å². The zero-order valence-electron chi connectivity index (χ0n) is 21.8. The molecule has 0 saturated heterocycles. The van der Waals surface area contributed by atoms with Crippen LogP contribution < -0.4 is 0 Å². The highest BCUT2D eigenvalue weighted by molar-refractivity contribution is 7.85. The van der Waals surface area contributed by atoms with Crippen LogP contribution in [0.15, 0.2) is 102 Å². The van der Waals surface area contributed by atoms with Gasteiger partial charge in [-0.1, -0.05) is 84.6 Å². The highest BCUT2D eigenvalue weighted by atomic mass is 32.2. The molecule has 2 aromatic carbocycles. The summed E-state index contributed by atoms with van der Waals surface area (Å²) in [5.41, 5.74) is 6.34. The molecule has 2 aliphatic carbocycles. The van der Waals surface area contributed by atoms with Gasteiger partial charge < -0.3 is 4.55 Å². The fourth-order valence-electron chi connectivity index (χ4n) is 5.35. The van der Waals surface area contributed by atoms with E-state index in [-0.39, 0.29) is 15.7 Å². The monoisotopic (exact) mass is 531 g/mol. The van der Waals surface area contributed by atoms with Gasteiger partial charge >= 0.3 is 0 Å². The smallest absolute Gasteiger partial charge is 0.209 e. The Labute approximate surface area is 226 Å². The van der Waals surface area contributed by atoms with E-state index in [1.165, 1.54) is 34.7 Å². The van der Waals surface area contributed by atoms with Crippen LogP contribution in [0.3, 0.4) is 0 Å². The third-order valence-corrected chi connectivity index (χ3v) is 8.72. The first-order valence-electron chi connectivity index (χ1n) is 12.4. The van der Waals surface area contributed by atoms with Gasteiger partial charge in [0.2, 0.25) is 5.69 Å². The van der Waals surface area contributed by atoms with Crippen LogP contribution in [0.4, 0.5) is 5.69 Å². The van der Waals surface area contributed by atoms with Crippen LogP contribution in [0.1, 0.15) is 44.2 Å². The molecule has 2 aromatic rings. The molecule has 1 heterocycles. The van der Waals surface area contributed by atoms with Crippen molar-refractivity contribution in [1.29, 1.82) is 0 Å². The van der Waals surface area contributed by atoms with Crippen molar-refractivity contribution in [3.05, 3.63) is 108 Å². The van der Waals surface area contributed by atoms with E-state index in [4.69, 9.17) is 12.2 Å². The van der Waals surface area contributed by atoms with Gasteiger partial charge in [0, 0.05) is 34.4 Å². The van der Waals surface area contributed by atoms with E-state index in [9.17, 15) is 13.0 Å². The first-order chi connectivity index (χ1) is 17.5. The molecule has 0 amide bonds. The van der Waals surface area contributed by atoms with Crippen molar-refractivity contribution in [3.63, 3.8) is 0 Å². The molecular weight excluding hydrogens is 498 g/mol. The maximum absolute atomic E-state index is 10.4. The Balaban J connectivity index is 0.000000245. The van der Waals surface area contributed by atoms with Crippen molar-refractivity contribution < 1.29 is 17.5 Å². The summed E-state index contributed by atoms with van der Waals surface area (Å²) >= 11 is 5.71. The second kappa shape index (κ2) is 10.4. The molecule has 37 heavy (non-hydrogen) atoms. The largest absolute Gasteiger partial charge is 0.744 e. The minimum absolute atomic E-state index is 0.0103. The van der Waals surface area contributed by atoms with E-state index in [0.717, 1.165) is 29.7 Å². The van der Waals surface area contributed by atoms with Crippen molar-refractivity contribution >= 4 is 38.6 Å². The van der Waals surface area contributed by atoms with Gasteiger partial charge in [-0.3, -0.25) is 0 Å². The summed E-state index contributed by atoms with van der Waals surface area (Å²) in [5, 5.41) is 0. The molecule has 6 heteroatoms. The normalized spacial score (nSPS) is 19.6. The van der Waals surface area contributed by atoms with Crippen molar-refractivity contribution in [2.24, 2.45) is 5.41 Å². The number of allylic oxidation sites excluding steroid dienone is 8. The molecule has 4 nitrogen and oxygen atoms in total. The number of fused-ring (bicyclic) bond motifs is 1. The second-order valence-corrected chi connectivity index (χ2v) is 12.2. The van der Waals surface area contributed by atoms with Crippen LogP contribution in [0, 0.1) is 12.3 Å². The van der Waals surface area contributed by atoms with Crippen LogP contribution in [0.25, 0.3) is 0 Å². The molecule has 0 unspecified atom stereocenters. The molecule has 0 fully saturated rings. The van der Waals surface area contributed by atoms with Crippen LogP contribution >= 0.6 is 12.2 Å². The zero-order valence-corrected chi connectivity index (χ0v) is 23.4. The number of para-hydroxylation sites is 1. The number of thiocarbonyl (C=S) groups is 1. The Morgan fingerprint density at radius 2 is 1.65 bits per heavy atom. The van der Waals surface area contributed by atoms with Gasteiger partial charge in [-0.15, -0.1) is 0 Å². The fraction of sp³-hybridized carbons (Fsp3) is 0.290. The lowest BCUT2D eigenvalue weighted by Gasteiger charge is -2.30. The summed E-state index contributed by atoms with van der Waals surface area (Å²) in [6.07, 6.45) is 18.9. The number of hydrogen-bond acceptors (Lipinski definition) is 4. The molecule has 0 N–H and O–H groups in total. The topological polar surface area (TPSA) is 60.2 Å². The first-order valence-corrected chi connectivity index (χ1v) is 14.3. The molecule has 0 radical (unpaired) electrons. The lowest BCUT2D eigenvalue weighted by Crippen LogP contribution is -2.28. The average molecular weight is 532 g/mol. The summed E-state index contributed by atoms with van der Waals surface area (Å²) in [7, 11) is -2.09. The third kappa shape index (κ3) is 5.52. The van der Waals surface area contributed by atoms with E-state index in [0.29, 0.717) is 0 Å². The molecule has 1 aliphatic heterocycles. The minimum atomic E-state index is -4.27. The zero-order chi connectivity index (χ0) is 26.8. The Bertz CT molecular complexity index is 1460. The summed E-state index contributed by atoms with van der Waals surface area (Å²) in [6, 6.07) is 14.5. The summed E-state index contributed by atoms with van der Waals surface area (Å²) in [4.78, 5) is 0.913. The van der Waals surface area contributed by atoms with Gasteiger partial charge in [-0.05, 0) is 51.3 Å². The summed E-state index contributed by atoms with van der Waals surface area (Å²) in [5.74, 6) is 0. The Kier molecular flexibility index (Phi) is 7.65. The van der Waals surface area contributed by atoms with Gasteiger partial charge in [-0.25, -0.2) is 8.42 Å². The van der Waals surface area contributed by atoms with Crippen LogP contribution in [0.5, 0.6) is 0 Å². The fourth-order valence-corrected chi connectivity index (χ4v) is 6.18. The number of benzene rings is 2. The molecular formula is C31H33NO3S2. The summed E-state index contributed by atoms with van der Waals surface area (Å²) in [6.45, 7) is 6.46. The van der Waals surface area contributed by atoms with E-state index < -0.39 is 10.1 Å². The van der Waals surface area contributed by atoms with E-state index >= 15 is 0 Å². The van der Waals surface area contributed by atoms with E-state index in [2.05, 4.69) is 92.3 Å². The van der Waals surface area contributed by atoms with Crippen molar-refractivity contribution in [2.75, 3.05) is 7.05 Å². The van der Waals surface area contributed by atoms with Gasteiger partial charge in [-0.2, -0.15) is 4.58 Å². The van der Waals surface area contributed by atoms with Crippen LogP contribution in [-0.2, 0) is 15.5 Å². The molecule has 0 atom stereocenters. The van der Waals surface area contributed by atoms with Crippen LogP contribution in [0.2, 0.25) is 0 Å². The molecule has 5 rings (SSSR count). The lowest BCUT2D eigenvalue weighted by molar-refractivity contribution is -0.401. The summed E-state index contributed by atoms with van der Waals surface area (Å²) < 4.78 is 33.5. The number of aryl methyl sites for hydroxylation is 1. The van der Waals surface area contributed by atoms with Gasteiger partial charge in [0.05, 0.1) is 10.3 Å². The predicted octanol–water partition coefficient (Wildman–Crippen LogP) is 6.74. The SMILES string of the molecule is C[N+]1=C(C=CC2(C3=CC=CCC3=S)CC=CC2)C(C)(C)c2ccccc21.Cc1ccc(S(=O)(=O)[O-])cc1.